The fraction of sp³-hybridized carbons (Fsp3) is 0.526. The SMILES string of the molecule is CCOc1ncccc1CNC(=NC)N(C)Cc1cn(C)nc1C(C)C. The van der Waals surface area contributed by atoms with Crippen LogP contribution in [0, 0.1) is 0 Å². The number of nitrogens with zero attached hydrogens (tertiary/aromatic N) is 5. The molecule has 0 unspecified atom stereocenters. The van der Waals surface area contributed by atoms with Gasteiger partial charge in [-0.3, -0.25) is 9.67 Å². The van der Waals surface area contributed by atoms with Crippen LogP contribution in [0.1, 0.15) is 43.5 Å². The molecule has 2 aromatic rings. The Bertz CT molecular complexity index is 737. The van der Waals surface area contributed by atoms with Crippen LogP contribution in [-0.2, 0) is 20.1 Å². The Kier molecular flexibility index (Phi) is 7.00. The standard InChI is InChI=1S/C19H30N6O/c1-7-26-18-15(9-8-10-21-18)11-22-19(20-4)24(5)12-16-13-25(6)23-17(16)14(2)3/h8-10,13-14H,7,11-12H2,1-6H3,(H,20,22). The van der Waals surface area contributed by atoms with Crippen LogP contribution < -0.4 is 10.1 Å². The molecule has 0 aliphatic heterocycles. The third kappa shape index (κ3) is 4.97. The van der Waals surface area contributed by atoms with E-state index < -0.39 is 0 Å². The van der Waals surface area contributed by atoms with Gasteiger partial charge in [0.05, 0.1) is 12.3 Å². The minimum Gasteiger partial charge on any atom is -0.478 e. The highest BCUT2D eigenvalue weighted by Gasteiger charge is 2.15. The fourth-order valence-electron chi connectivity index (χ4n) is 2.88. The van der Waals surface area contributed by atoms with Crippen LogP contribution in [0.2, 0.25) is 0 Å². The largest absolute Gasteiger partial charge is 0.478 e. The summed E-state index contributed by atoms with van der Waals surface area (Å²) in [5.74, 6) is 1.86. The molecule has 0 radical (unpaired) electrons. The number of ether oxygens (including phenoxy) is 1. The highest BCUT2D eigenvalue weighted by Crippen LogP contribution is 2.19. The van der Waals surface area contributed by atoms with Crippen molar-refractivity contribution in [3.63, 3.8) is 0 Å². The van der Waals surface area contributed by atoms with Crippen LogP contribution in [-0.4, -0.2) is 46.3 Å². The van der Waals surface area contributed by atoms with Gasteiger partial charge in [-0.1, -0.05) is 19.9 Å². The average molecular weight is 358 g/mol. The van der Waals surface area contributed by atoms with Gasteiger partial charge in [-0.15, -0.1) is 0 Å². The van der Waals surface area contributed by atoms with E-state index in [4.69, 9.17) is 4.74 Å². The van der Waals surface area contributed by atoms with Gasteiger partial charge in [-0.2, -0.15) is 5.10 Å². The van der Waals surface area contributed by atoms with Crippen molar-refractivity contribution in [2.75, 3.05) is 20.7 Å². The van der Waals surface area contributed by atoms with Gasteiger partial charge in [-0.25, -0.2) is 4.98 Å². The van der Waals surface area contributed by atoms with Crippen molar-refractivity contribution in [1.29, 1.82) is 0 Å². The summed E-state index contributed by atoms with van der Waals surface area (Å²) in [5.41, 5.74) is 3.35. The Labute approximate surface area is 156 Å². The molecule has 0 fully saturated rings. The van der Waals surface area contributed by atoms with Crippen molar-refractivity contribution in [3.8, 4) is 5.88 Å². The first-order valence-electron chi connectivity index (χ1n) is 8.97. The minimum atomic E-state index is 0.388. The first-order valence-corrected chi connectivity index (χ1v) is 8.97. The zero-order chi connectivity index (χ0) is 19.1. The second kappa shape index (κ2) is 9.22. The zero-order valence-corrected chi connectivity index (χ0v) is 16.7. The molecule has 2 rings (SSSR count). The Balaban J connectivity index is 2.05. The van der Waals surface area contributed by atoms with Crippen molar-refractivity contribution in [3.05, 3.63) is 41.3 Å². The Morgan fingerprint density at radius 1 is 1.38 bits per heavy atom. The number of aliphatic imine (C=N–C) groups is 1. The monoisotopic (exact) mass is 358 g/mol. The molecule has 0 atom stereocenters. The topological polar surface area (TPSA) is 67.6 Å². The molecular formula is C19H30N6O. The van der Waals surface area contributed by atoms with Crippen LogP contribution in [0.15, 0.2) is 29.5 Å². The summed E-state index contributed by atoms with van der Waals surface area (Å²) < 4.78 is 7.46. The molecule has 1 N–H and O–H groups in total. The summed E-state index contributed by atoms with van der Waals surface area (Å²) in [6, 6.07) is 3.92. The Hall–Kier alpha value is -2.57. The van der Waals surface area contributed by atoms with E-state index in [1.54, 1.807) is 13.2 Å². The van der Waals surface area contributed by atoms with Crippen molar-refractivity contribution in [1.82, 2.24) is 25.0 Å². The summed E-state index contributed by atoms with van der Waals surface area (Å²) in [7, 11) is 5.78. The van der Waals surface area contributed by atoms with E-state index in [0.717, 1.165) is 23.8 Å². The number of nitrogens with one attached hydrogen (secondary N) is 1. The molecule has 0 saturated carbocycles. The maximum Gasteiger partial charge on any atom is 0.218 e. The van der Waals surface area contributed by atoms with Gasteiger partial charge >= 0.3 is 0 Å². The Morgan fingerprint density at radius 2 is 2.15 bits per heavy atom. The molecule has 142 valence electrons. The average Bonchev–Trinajstić information content (AvgIpc) is 2.97. The van der Waals surface area contributed by atoms with E-state index in [-0.39, 0.29) is 0 Å². The van der Waals surface area contributed by atoms with E-state index in [0.29, 0.717) is 24.9 Å². The second-order valence-corrected chi connectivity index (χ2v) is 6.53. The number of rotatable bonds is 7. The van der Waals surface area contributed by atoms with Crippen LogP contribution in [0.5, 0.6) is 5.88 Å². The third-order valence-corrected chi connectivity index (χ3v) is 4.03. The lowest BCUT2D eigenvalue weighted by atomic mass is 10.1. The fourth-order valence-corrected chi connectivity index (χ4v) is 2.88. The zero-order valence-electron chi connectivity index (χ0n) is 16.7. The van der Waals surface area contributed by atoms with Gasteiger partial charge in [0.1, 0.15) is 0 Å². The summed E-state index contributed by atoms with van der Waals surface area (Å²) in [6.45, 7) is 8.22. The summed E-state index contributed by atoms with van der Waals surface area (Å²) in [6.07, 6.45) is 3.82. The smallest absolute Gasteiger partial charge is 0.218 e. The van der Waals surface area contributed by atoms with Gasteiger partial charge < -0.3 is 15.0 Å². The Morgan fingerprint density at radius 3 is 2.81 bits per heavy atom. The van der Waals surface area contributed by atoms with E-state index in [2.05, 4.69) is 45.3 Å². The first kappa shape index (κ1) is 19.8. The first-order chi connectivity index (χ1) is 12.5. The van der Waals surface area contributed by atoms with Crippen molar-refractivity contribution in [2.45, 2.75) is 39.8 Å². The predicted octanol–water partition coefficient (Wildman–Crippen LogP) is 2.54. The molecule has 0 aromatic carbocycles. The van der Waals surface area contributed by atoms with Crippen LogP contribution in [0.25, 0.3) is 0 Å². The quantitative estimate of drug-likeness (QED) is 0.608. The van der Waals surface area contributed by atoms with Crippen molar-refractivity contribution in [2.24, 2.45) is 12.0 Å². The molecule has 0 bridgehead atoms. The lowest BCUT2D eigenvalue weighted by Crippen LogP contribution is -2.38. The van der Waals surface area contributed by atoms with Crippen molar-refractivity contribution < 1.29 is 4.74 Å². The minimum absolute atomic E-state index is 0.388. The number of hydrogen-bond donors (Lipinski definition) is 1. The lowest BCUT2D eigenvalue weighted by Gasteiger charge is -2.22. The third-order valence-electron chi connectivity index (χ3n) is 4.03. The molecule has 7 nitrogen and oxygen atoms in total. The number of aryl methyl sites for hydroxylation is 1. The van der Waals surface area contributed by atoms with Gasteiger partial charge in [0.2, 0.25) is 5.88 Å². The highest BCUT2D eigenvalue weighted by molar-refractivity contribution is 5.79. The van der Waals surface area contributed by atoms with Crippen LogP contribution in [0.4, 0.5) is 0 Å². The molecule has 0 spiro atoms. The van der Waals surface area contributed by atoms with Gasteiger partial charge in [0.15, 0.2) is 5.96 Å². The normalized spacial score (nSPS) is 11.7. The molecule has 0 aliphatic rings. The molecule has 7 heteroatoms. The molecule has 0 saturated heterocycles. The predicted molar refractivity (Wildman–Crippen MR) is 104 cm³/mol. The van der Waals surface area contributed by atoms with Crippen LogP contribution in [0.3, 0.4) is 0 Å². The summed E-state index contributed by atoms with van der Waals surface area (Å²) in [4.78, 5) is 10.8. The molecule has 0 amide bonds. The number of aromatic nitrogens is 3. The number of hydrogen-bond acceptors (Lipinski definition) is 4. The molecule has 2 heterocycles. The molecular weight excluding hydrogens is 328 g/mol. The van der Waals surface area contributed by atoms with Crippen molar-refractivity contribution >= 4 is 5.96 Å². The molecule has 0 aliphatic carbocycles. The van der Waals surface area contributed by atoms with Crippen LogP contribution >= 0.6 is 0 Å². The van der Waals surface area contributed by atoms with Gasteiger partial charge in [0, 0.05) is 57.8 Å². The number of guanidine groups is 1. The van der Waals surface area contributed by atoms with E-state index in [1.807, 2.05) is 37.8 Å². The highest BCUT2D eigenvalue weighted by atomic mass is 16.5. The second-order valence-electron chi connectivity index (χ2n) is 6.53. The van der Waals surface area contributed by atoms with E-state index in [9.17, 15) is 0 Å². The summed E-state index contributed by atoms with van der Waals surface area (Å²) >= 11 is 0. The van der Waals surface area contributed by atoms with Gasteiger partial charge in [0.25, 0.3) is 0 Å². The van der Waals surface area contributed by atoms with E-state index in [1.165, 1.54) is 5.56 Å². The van der Waals surface area contributed by atoms with E-state index >= 15 is 0 Å². The van der Waals surface area contributed by atoms with Gasteiger partial charge in [-0.05, 0) is 18.9 Å². The lowest BCUT2D eigenvalue weighted by molar-refractivity contribution is 0.322. The number of pyridine rings is 1. The maximum absolute atomic E-state index is 5.59. The molecule has 26 heavy (non-hydrogen) atoms. The molecule has 2 aromatic heterocycles. The maximum atomic E-state index is 5.59. The summed E-state index contributed by atoms with van der Waals surface area (Å²) in [5, 5.41) is 7.97.